The van der Waals surface area contributed by atoms with Crippen molar-refractivity contribution in [3.8, 4) is 0 Å². The zero-order valence-corrected chi connectivity index (χ0v) is 8.93. The number of rotatable bonds is 4. The Hall–Kier alpha value is -0.120. The van der Waals surface area contributed by atoms with Gasteiger partial charge in [-0.3, -0.25) is 0 Å². The molecule has 1 aliphatic rings. The van der Waals surface area contributed by atoms with Gasteiger partial charge in [0.1, 0.15) is 0 Å². The summed E-state index contributed by atoms with van der Waals surface area (Å²) in [7, 11) is 1.74. The molecular formula is C10H21NO2. The van der Waals surface area contributed by atoms with Crippen molar-refractivity contribution in [1.29, 1.82) is 0 Å². The monoisotopic (exact) mass is 187 g/mol. The van der Waals surface area contributed by atoms with Crippen molar-refractivity contribution < 1.29 is 9.47 Å². The van der Waals surface area contributed by atoms with Crippen LogP contribution in [0.3, 0.4) is 0 Å². The third-order valence-electron chi connectivity index (χ3n) is 2.79. The highest BCUT2D eigenvalue weighted by Gasteiger charge is 2.40. The predicted octanol–water partition coefficient (Wildman–Crippen LogP) is 1.53. The first-order valence-electron chi connectivity index (χ1n) is 5.21. The second-order valence-corrected chi connectivity index (χ2v) is 3.51. The summed E-state index contributed by atoms with van der Waals surface area (Å²) < 4.78 is 11.3. The van der Waals surface area contributed by atoms with Gasteiger partial charge in [0, 0.05) is 20.1 Å². The molecule has 0 aliphatic carbocycles. The number of hydrogen-bond acceptors (Lipinski definition) is 3. The minimum absolute atomic E-state index is 0.348. The molecule has 1 fully saturated rings. The molecular weight excluding hydrogens is 166 g/mol. The molecule has 0 aromatic rings. The van der Waals surface area contributed by atoms with Crippen LogP contribution in [0.5, 0.6) is 0 Å². The quantitative estimate of drug-likeness (QED) is 0.724. The van der Waals surface area contributed by atoms with Crippen molar-refractivity contribution in [1.82, 2.24) is 5.32 Å². The van der Waals surface area contributed by atoms with Crippen molar-refractivity contribution in [3.63, 3.8) is 0 Å². The van der Waals surface area contributed by atoms with E-state index in [1.807, 2.05) is 0 Å². The van der Waals surface area contributed by atoms with E-state index in [2.05, 4.69) is 19.2 Å². The molecule has 0 saturated carbocycles. The number of morpholine rings is 1. The topological polar surface area (TPSA) is 30.5 Å². The van der Waals surface area contributed by atoms with E-state index >= 15 is 0 Å². The molecule has 0 bridgehead atoms. The van der Waals surface area contributed by atoms with E-state index in [1.165, 1.54) is 0 Å². The zero-order valence-electron chi connectivity index (χ0n) is 8.93. The standard InChI is InChI=1S/C10H21NO2/c1-4-6-9-10(5-2,12-3)13-8-7-11-9/h9,11H,4-8H2,1-3H3. The second-order valence-electron chi connectivity index (χ2n) is 3.51. The molecule has 0 radical (unpaired) electrons. The molecule has 1 heterocycles. The summed E-state index contributed by atoms with van der Waals surface area (Å²) in [6, 6.07) is 0.348. The van der Waals surface area contributed by atoms with E-state index in [9.17, 15) is 0 Å². The van der Waals surface area contributed by atoms with Crippen LogP contribution in [0.2, 0.25) is 0 Å². The molecule has 0 aromatic heterocycles. The Labute approximate surface area is 80.8 Å². The van der Waals surface area contributed by atoms with Gasteiger partial charge in [-0.05, 0) is 6.42 Å². The first-order chi connectivity index (χ1) is 6.29. The molecule has 78 valence electrons. The second kappa shape index (κ2) is 4.94. The van der Waals surface area contributed by atoms with E-state index < -0.39 is 0 Å². The molecule has 2 unspecified atom stereocenters. The summed E-state index contributed by atoms with van der Waals surface area (Å²) in [6.45, 7) is 5.99. The normalized spacial score (nSPS) is 34.8. The van der Waals surface area contributed by atoms with E-state index in [1.54, 1.807) is 7.11 Å². The summed E-state index contributed by atoms with van der Waals surface area (Å²) in [6.07, 6.45) is 3.18. The summed E-state index contributed by atoms with van der Waals surface area (Å²) in [5.41, 5.74) is 0. The van der Waals surface area contributed by atoms with E-state index in [-0.39, 0.29) is 5.79 Å². The summed E-state index contributed by atoms with van der Waals surface area (Å²) in [5, 5.41) is 3.46. The minimum Gasteiger partial charge on any atom is -0.352 e. The minimum atomic E-state index is -0.381. The van der Waals surface area contributed by atoms with E-state index in [0.717, 1.165) is 32.4 Å². The lowest BCUT2D eigenvalue weighted by Crippen LogP contribution is -2.58. The highest BCUT2D eigenvalue weighted by molar-refractivity contribution is 4.87. The number of ether oxygens (including phenoxy) is 2. The van der Waals surface area contributed by atoms with Crippen LogP contribution in [-0.4, -0.2) is 32.1 Å². The molecule has 2 atom stereocenters. The van der Waals surface area contributed by atoms with Crippen LogP contribution >= 0.6 is 0 Å². The lowest BCUT2D eigenvalue weighted by atomic mass is 9.98. The van der Waals surface area contributed by atoms with Crippen LogP contribution in [-0.2, 0) is 9.47 Å². The van der Waals surface area contributed by atoms with Gasteiger partial charge in [-0.15, -0.1) is 0 Å². The van der Waals surface area contributed by atoms with Crippen molar-refractivity contribution in [2.24, 2.45) is 0 Å². The largest absolute Gasteiger partial charge is 0.352 e. The van der Waals surface area contributed by atoms with Crippen molar-refractivity contribution in [2.75, 3.05) is 20.3 Å². The van der Waals surface area contributed by atoms with Crippen molar-refractivity contribution in [2.45, 2.75) is 44.9 Å². The number of hydrogen-bond donors (Lipinski definition) is 1. The molecule has 1 aliphatic heterocycles. The molecule has 3 nitrogen and oxygen atoms in total. The molecule has 1 N–H and O–H groups in total. The predicted molar refractivity (Wildman–Crippen MR) is 52.7 cm³/mol. The Morgan fingerprint density at radius 1 is 1.54 bits per heavy atom. The van der Waals surface area contributed by atoms with Crippen LogP contribution in [0.25, 0.3) is 0 Å². The van der Waals surface area contributed by atoms with Gasteiger partial charge in [-0.25, -0.2) is 0 Å². The Kier molecular flexibility index (Phi) is 4.16. The van der Waals surface area contributed by atoms with Gasteiger partial charge in [0.25, 0.3) is 0 Å². The van der Waals surface area contributed by atoms with E-state index in [4.69, 9.17) is 9.47 Å². The van der Waals surface area contributed by atoms with Crippen molar-refractivity contribution in [3.05, 3.63) is 0 Å². The molecule has 0 amide bonds. The zero-order chi connectivity index (χ0) is 9.73. The van der Waals surface area contributed by atoms with E-state index in [0.29, 0.717) is 6.04 Å². The van der Waals surface area contributed by atoms with Gasteiger partial charge in [0.15, 0.2) is 5.79 Å². The Morgan fingerprint density at radius 3 is 2.85 bits per heavy atom. The molecule has 1 rings (SSSR count). The number of nitrogens with one attached hydrogen (secondary N) is 1. The number of methoxy groups -OCH3 is 1. The van der Waals surface area contributed by atoms with Gasteiger partial charge >= 0.3 is 0 Å². The maximum absolute atomic E-state index is 5.74. The fourth-order valence-corrected chi connectivity index (χ4v) is 2.02. The van der Waals surface area contributed by atoms with Gasteiger partial charge in [-0.1, -0.05) is 20.3 Å². The third-order valence-corrected chi connectivity index (χ3v) is 2.79. The first kappa shape index (κ1) is 11.0. The van der Waals surface area contributed by atoms with Crippen LogP contribution in [0.15, 0.2) is 0 Å². The lowest BCUT2D eigenvalue weighted by molar-refractivity contribution is -0.257. The smallest absolute Gasteiger partial charge is 0.183 e. The SMILES string of the molecule is CCCC1NCCOC1(CC)OC. The van der Waals surface area contributed by atoms with Gasteiger partial charge in [0.05, 0.1) is 12.6 Å². The Balaban J connectivity index is 2.63. The van der Waals surface area contributed by atoms with Crippen LogP contribution < -0.4 is 5.32 Å². The van der Waals surface area contributed by atoms with Gasteiger partial charge < -0.3 is 14.8 Å². The average molecular weight is 187 g/mol. The first-order valence-corrected chi connectivity index (χ1v) is 5.21. The Bertz CT molecular complexity index is 144. The lowest BCUT2D eigenvalue weighted by Gasteiger charge is -2.42. The van der Waals surface area contributed by atoms with Crippen LogP contribution in [0.4, 0.5) is 0 Å². The van der Waals surface area contributed by atoms with Crippen LogP contribution in [0, 0.1) is 0 Å². The van der Waals surface area contributed by atoms with Gasteiger partial charge in [0.2, 0.25) is 0 Å². The molecule has 3 heteroatoms. The average Bonchev–Trinajstić information content (AvgIpc) is 2.20. The summed E-state index contributed by atoms with van der Waals surface area (Å²) in [5.74, 6) is -0.381. The fraction of sp³-hybridized carbons (Fsp3) is 1.00. The van der Waals surface area contributed by atoms with Crippen LogP contribution in [0.1, 0.15) is 33.1 Å². The van der Waals surface area contributed by atoms with Crippen molar-refractivity contribution >= 4 is 0 Å². The highest BCUT2D eigenvalue weighted by atomic mass is 16.7. The molecule has 13 heavy (non-hydrogen) atoms. The summed E-state index contributed by atoms with van der Waals surface area (Å²) in [4.78, 5) is 0. The molecule has 1 saturated heterocycles. The third kappa shape index (κ3) is 2.22. The maximum atomic E-state index is 5.74. The van der Waals surface area contributed by atoms with Gasteiger partial charge in [-0.2, -0.15) is 0 Å². The fourth-order valence-electron chi connectivity index (χ4n) is 2.02. The maximum Gasteiger partial charge on any atom is 0.183 e. The Morgan fingerprint density at radius 2 is 2.31 bits per heavy atom. The summed E-state index contributed by atoms with van der Waals surface area (Å²) >= 11 is 0. The molecule has 0 spiro atoms. The molecule has 0 aromatic carbocycles. The highest BCUT2D eigenvalue weighted by Crippen LogP contribution is 2.26.